The minimum atomic E-state index is -4.12. The summed E-state index contributed by atoms with van der Waals surface area (Å²) in [5.74, 6) is 0.281. The van der Waals surface area contributed by atoms with Crippen LogP contribution in [0.5, 0.6) is 0 Å². The minimum absolute atomic E-state index is 0.0421. The van der Waals surface area contributed by atoms with Gasteiger partial charge >= 0.3 is 6.18 Å². The third-order valence-corrected chi connectivity index (χ3v) is 3.16. The fourth-order valence-corrected chi connectivity index (χ4v) is 2.16. The molecule has 2 unspecified atom stereocenters. The van der Waals surface area contributed by atoms with Gasteiger partial charge in [0.05, 0.1) is 6.54 Å². The van der Waals surface area contributed by atoms with Crippen LogP contribution in [0.2, 0.25) is 0 Å². The first-order chi connectivity index (χ1) is 7.92. The molecule has 0 radical (unpaired) electrons. The first-order valence-corrected chi connectivity index (χ1v) is 5.96. The van der Waals surface area contributed by atoms with Gasteiger partial charge in [-0.3, -0.25) is 4.90 Å². The molecule has 0 amide bonds. The number of likely N-dealkylation sites (tertiary alicyclic amines) is 1. The molecule has 1 rings (SSSR count). The van der Waals surface area contributed by atoms with Crippen LogP contribution >= 0.6 is 0 Å². The fourth-order valence-electron chi connectivity index (χ4n) is 2.16. The lowest BCUT2D eigenvalue weighted by molar-refractivity contribution is -0.125. The SMILES string of the molecule is COC(C)N1CCCC(CNCC(F)(F)F)C1. The average molecular weight is 254 g/mol. The van der Waals surface area contributed by atoms with Crippen LogP contribution < -0.4 is 5.32 Å². The van der Waals surface area contributed by atoms with E-state index >= 15 is 0 Å². The van der Waals surface area contributed by atoms with Crippen molar-refractivity contribution in [3.8, 4) is 0 Å². The Morgan fingerprint density at radius 3 is 2.76 bits per heavy atom. The number of alkyl halides is 3. The Hall–Kier alpha value is -0.330. The van der Waals surface area contributed by atoms with Crippen LogP contribution in [0.15, 0.2) is 0 Å². The highest BCUT2D eigenvalue weighted by Gasteiger charge is 2.28. The molecule has 1 aliphatic rings. The summed E-state index contributed by atoms with van der Waals surface area (Å²) in [5, 5.41) is 2.48. The van der Waals surface area contributed by atoms with E-state index in [2.05, 4.69) is 10.2 Å². The van der Waals surface area contributed by atoms with E-state index in [-0.39, 0.29) is 12.1 Å². The minimum Gasteiger partial charge on any atom is -0.367 e. The van der Waals surface area contributed by atoms with Gasteiger partial charge in [-0.2, -0.15) is 13.2 Å². The highest BCUT2D eigenvalue weighted by molar-refractivity contribution is 4.75. The van der Waals surface area contributed by atoms with Gasteiger partial charge in [0.25, 0.3) is 0 Å². The Kier molecular flexibility index (Phi) is 5.69. The van der Waals surface area contributed by atoms with E-state index in [0.717, 1.165) is 25.9 Å². The number of nitrogens with zero attached hydrogens (tertiary/aromatic N) is 1. The van der Waals surface area contributed by atoms with Crippen LogP contribution in [-0.4, -0.2) is 50.6 Å². The Labute approximate surface area is 100 Å². The van der Waals surface area contributed by atoms with Gasteiger partial charge in [-0.15, -0.1) is 0 Å². The predicted molar refractivity (Wildman–Crippen MR) is 59.7 cm³/mol. The van der Waals surface area contributed by atoms with Gasteiger partial charge in [0.15, 0.2) is 0 Å². The number of nitrogens with one attached hydrogen (secondary N) is 1. The summed E-state index contributed by atoms with van der Waals surface area (Å²) in [6.07, 6.45) is -2.07. The van der Waals surface area contributed by atoms with Crippen molar-refractivity contribution in [3.05, 3.63) is 0 Å². The van der Waals surface area contributed by atoms with Crippen LogP contribution in [0.25, 0.3) is 0 Å². The van der Waals surface area contributed by atoms with E-state index < -0.39 is 12.7 Å². The van der Waals surface area contributed by atoms with Crippen molar-refractivity contribution in [1.29, 1.82) is 0 Å². The smallest absolute Gasteiger partial charge is 0.367 e. The molecule has 0 aromatic rings. The zero-order valence-corrected chi connectivity index (χ0v) is 10.4. The van der Waals surface area contributed by atoms with Crippen molar-refractivity contribution in [2.45, 2.75) is 32.2 Å². The molecule has 0 saturated carbocycles. The van der Waals surface area contributed by atoms with Crippen LogP contribution in [0.3, 0.4) is 0 Å². The summed E-state index contributed by atoms with van der Waals surface area (Å²) < 4.78 is 41.2. The molecular weight excluding hydrogens is 233 g/mol. The summed E-state index contributed by atoms with van der Waals surface area (Å²) >= 11 is 0. The third kappa shape index (κ3) is 5.70. The molecule has 1 heterocycles. The summed E-state index contributed by atoms with van der Waals surface area (Å²) in [5.41, 5.74) is 0. The lowest BCUT2D eigenvalue weighted by Crippen LogP contribution is -2.45. The zero-order valence-electron chi connectivity index (χ0n) is 10.4. The molecule has 2 atom stereocenters. The number of hydrogen-bond acceptors (Lipinski definition) is 3. The fraction of sp³-hybridized carbons (Fsp3) is 1.00. The highest BCUT2D eigenvalue weighted by Crippen LogP contribution is 2.19. The summed E-state index contributed by atoms with van der Waals surface area (Å²) in [6.45, 7) is 3.26. The van der Waals surface area contributed by atoms with Crippen LogP contribution in [0.4, 0.5) is 13.2 Å². The maximum Gasteiger partial charge on any atom is 0.401 e. The van der Waals surface area contributed by atoms with Gasteiger partial charge in [0.1, 0.15) is 6.23 Å². The summed E-state index contributed by atoms with van der Waals surface area (Å²) in [6, 6.07) is 0. The maximum absolute atomic E-state index is 12.0. The molecule has 0 bridgehead atoms. The Bertz CT molecular complexity index is 223. The van der Waals surface area contributed by atoms with Crippen molar-refractivity contribution in [1.82, 2.24) is 10.2 Å². The molecule has 1 aliphatic heterocycles. The van der Waals surface area contributed by atoms with Crippen molar-refractivity contribution < 1.29 is 17.9 Å². The van der Waals surface area contributed by atoms with Gasteiger partial charge in [-0.05, 0) is 32.2 Å². The molecule has 3 nitrogen and oxygen atoms in total. The quantitative estimate of drug-likeness (QED) is 0.810. The van der Waals surface area contributed by atoms with Crippen molar-refractivity contribution in [2.24, 2.45) is 5.92 Å². The van der Waals surface area contributed by atoms with Crippen LogP contribution in [0, 0.1) is 5.92 Å². The second-order valence-electron chi connectivity index (χ2n) is 4.58. The van der Waals surface area contributed by atoms with Crippen molar-refractivity contribution in [3.63, 3.8) is 0 Å². The number of halogens is 3. The van der Waals surface area contributed by atoms with Gasteiger partial charge in [0, 0.05) is 20.2 Å². The topological polar surface area (TPSA) is 24.5 Å². The van der Waals surface area contributed by atoms with E-state index in [9.17, 15) is 13.2 Å². The average Bonchev–Trinajstić information content (AvgIpc) is 2.27. The standard InChI is InChI=1S/C11H21F3N2O/c1-9(17-2)16-5-3-4-10(7-16)6-15-8-11(12,13)14/h9-10,15H,3-8H2,1-2H3. The van der Waals surface area contributed by atoms with Gasteiger partial charge in [0.2, 0.25) is 0 Å². The Morgan fingerprint density at radius 2 is 2.18 bits per heavy atom. The molecule has 17 heavy (non-hydrogen) atoms. The number of piperidine rings is 1. The van der Waals surface area contributed by atoms with Gasteiger partial charge in [-0.25, -0.2) is 0 Å². The van der Waals surface area contributed by atoms with E-state index in [1.807, 2.05) is 6.92 Å². The predicted octanol–water partition coefficient (Wildman–Crippen LogP) is 1.84. The molecule has 0 aliphatic carbocycles. The molecule has 102 valence electrons. The number of methoxy groups -OCH3 is 1. The second-order valence-corrected chi connectivity index (χ2v) is 4.58. The van der Waals surface area contributed by atoms with E-state index in [1.165, 1.54) is 0 Å². The normalized spacial score (nSPS) is 24.9. The van der Waals surface area contributed by atoms with E-state index in [0.29, 0.717) is 6.54 Å². The molecular formula is C11H21F3N2O. The molecule has 1 saturated heterocycles. The van der Waals surface area contributed by atoms with Gasteiger partial charge in [-0.1, -0.05) is 0 Å². The number of hydrogen-bond donors (Lipinski definition) is 1. The lowest BCUT2D eigenvalue weighted by Gasteiger charge is -2.36. The first-order valence-electron chi connectivity index (χ1n) is 5.96. The van der Waals surface area contributed by atoms with Gasteiger partial charge < -0.3 is 10.1 Å². The Balaban J connectivity index is 2.25. The molecule has 1 fully saturated rings. The summed E-state index contributed by atoms with van der Waals surface area (Å²) in [4.78, 5) is 2.17. The highest BCUT2D eigenvalue weighted by atomic mass is 19.4. The monoisotopic (exact) mass is 254 g/mol. The maximum atomic E-state index is 12.0. The van der Waals surface area contributed by atoms with E-state index in [4.69, 9.17) is 4.74 Å². The summed E-state index contributed by atoms with van der Waals surface area (Å²) in [7, 11) is 1.65. The first kappa shape index (κ1) is 14.7. The van der Waals surface area contributed by atoms with Crippen molar-refractivity contribution in [2.75, 3.05) is 33.3 Å². The van der Waals surface area contributed by atoms with Crippen LogP contribution in [0.1, 0.15) is 19.8 Å². The molecule has 0 aromatic heterocycles. The second kappa shape index (κ2) is 6.56. The molecule has 1 N–H and O–H groups in total. The molecule has 0 aromatic carbocycles. The van der Waals surface area contributed by atoms with Crippen molar-refractivity contribution >= 4 is 0 Å². The molecule has 0 spiro atoms. The van der Waals surface area contributed by atoms with Crippen LogP contribution in [-0.2, 0) is 4.74 Å². The Morgan fingerprint density at radius 1 is 1.47 bits per heavy atom. The largest absolute Gasteiger partial charge is 0.401 e. The molecule has 6 heteroatoms. The lowest BCUT2D eigenvalue weighted by atomic mass is 9.98. The number of ether oxygens (including phenoxy) is 1. The number of rotatable bonds is 5. The zero-order chi connectivity index (χ0) is 12.9. The third-order valence-electron chi connectivity index (χ3n) is 3.16. The van der Waals surface area contributed by atoms with E-state index in [1.54, 1.807) is 7.11 Å².